The third kappa shape index (κ3) is 4.95. The van der Waals surface area contributed by atoms with E-state index in [0.29, 0.717) is 19.5 Å². The lowest BCUT2D eigenvalue weighted by Crippen LogP contribution is -2.68. The SMILES string of the molecule is C=C1C2OC(OC)C3C1CC(OC(=O)NCC)C3(CN1CCN(C(c3ccccc3)c3ccc(Cl)cc3)CC1)O2. The highest BCUT2D eigenvalue weighted by Gasteiger charge is 2.70. The fourth-order valence-electron chi connectivity index (χ4n) is 7.19. The maximum atomic E-state index is 12.6. The largest absolute Gasteiger partial charge is 0.443 e. The van der Waals surface area contributed by atoms with Crippen molar-refractivity contribution >= 4 is 17.7 Å². The summed E-state index contributed by atoms with van der Waals surface area (Å²) in [5.74, 6) is 0.0177. The summed E-state index contributed by atoms with van der Waals surface area (Å²) >= 11 is 6.22. The number of alkyl carbamates (subject to hydrolysis) is 1. The van der Waals surface area contributed by atoms with Crippen LogP contribution in [0.2, 0.25) is 5.02 Å². The lowest BCUT2D eigenvalue weighted by Gasteiger charge is -2.55. The molecule has 2 aromatic carbocycles. The Bertz CT molecular complexity index is 1210. The highest BCUT2D eigenvalue weighted by molar-refractivity contribution is 6.30. The van der Waals surface area contributed by atoms with Gasteiger partial charge < -0.3 is 24.3 Å². The lowest BCUT2D eigenvalue weighted by atomic mass is 9.76. The van der Waals surface area contributed by atoms with Crippen molar-refractivity contribution in [3.63, 3.8) is 0 Å². The first-order valence-corrected chi connectivity index (χ1v) is 14.6. The van der Waals surface area contributed by atoms with Crippen LogP contribution in [-0.4, -0.2) is 86.6 Å². The van der Waals surface area contributed by atoms with E-state index in [1.807, 2.05) is 19.1 Å². The monoisotopic (exact) mass is 567 g/mol. The van der Waals surface area contributed by atoms with E-state index in [1.54, 1.807) is 7.11 Å². The first-order chi connectivity index (χ1) is 19.4. The zero-order valence-corrected chi connectivity index (χ0v) is 23.9. The molecule has 9 heteroatoms. The molecule has 8 nitrogen and oxygen atoms in total. The molecular weight excluding hydrogens is 530 g/mol. The number of rotatable bonds is 8. The van der Waals surface area contributed by atoms with E-state index in [9.17, 15) is 4.79 Å². The molecule has 0 radical (unpaired) electrons. The predicted octanol–water partition coefficient (Wildman–Crippen LogP) is 4.45. The summed E-state index contributed by atoms with van der Waals surface area (Å²) in [6.07, 6.45) is -1.16. The van der Waals surface area contributed by atoms with Gasteiger partial charge in [-0.05, 0) is 48.1 Å². The molecule has 5 fully saturated rings. The zero-order valence-electron chi connectivity index (χ0n) is 23.1. The summed E-state index contributed by atoms with van der Waals surface area (Å²) in [5, 5.41) is 3.51. The van der Waals surface area contributed by atoms with Crippen LogP contribution in [0.5, 0.6) is 0 Å². The van der Waals surface area contributed by atoms with Crippen LogP contribution in [-0.2, 0) is 18.9 Å². The minimum Gasteiger partial charge on any atom is -0.443 e. The molecule has 7 rings (SSSR count). The van der Waals surface area contributed by atoms with Crippen molar-refractivity contribution in [2.75, 3.05) is 46.4 Å². The zero-order chi connectivity index (χ0) is 27.9. The van der Waals surface area contributed by atoms with Crippen LogP contribution in [0.4, 0.5) is 4.79 Å². The number of ether oxygens (including phenoxy) is 4. The molecule has 214 valence electrons. The second-order valence-corrected chi connectivity index (χ2v) is 11.6. The van der Waals surface area contributed by atoms with Gasteiger partial charge in [0.15, 0.2) is 12.6 Å². The quantitative estimate of drug-likeness (QED) is 0.472. The van der Waals surface area contributed by atoms with Crippen LogP contribution in [0.25, 0.3) is 0 Å². The van der Waals surface area contributed by atoms with Gasteiger partial charge in [-0.2, -0.15) is 0 Å². The number of hydrogen-bond acceptors (Lipinski definition) is 7. The number of nitrogens with zero attached hydrogens (tertiary/aromatic N) is 2. The van der Waals surface area contributed by atoms with Gasteiger partial charge in [-0.25, -0.2) is 4.79 Å². The fraction of sp³-hybridized carbons (Fsp3) is 0.516. The molecule has 1 aliphatic carbocycles. The Labute approximate surface area is 241 Å². The second-order valence-electron chi connectivity index (χ2n) is 11.2. The number of hydrogen-bond donors (Lipinski definition) is 1. The molecule has 5 aliphatic rings. The second kappa shape index (κ2) is 11.4. The van der Waals surface area contributed by atoms with Crippen molar-refractivity contribution in [3.05, 3.63) is 82.9 Å². The van der Waals surface area contributed by atoms with E-state index in [1.165, 1.54) is 11.1 Å². The summed E-state index contributed by atoms with van der Waals surface area (Å²) in [7, 11) is 1.67. The standard InChI is InChI=1S/C31H38ClN3O5/c1-4-33-30(36)38-25-18-24-20(2)28-39-29(37-3)26(24)31(25,40-28)19-34-14-16-35(17-15-34)27(21-8-6-5-7-9-21)22-10-12-23(32)13-11-22/h5-13,24-29H,2,4,14-19H2,1,3H3,(H,33,36). The maximum Gasteiger partial charge on any atom is 0.407 e. The van der Waals surface area contributed by atoms with Gasteiger partial charge in [-0.15, -0.1) is 0 Å². The van der Waals surface area contributed by atoms with Gasteiger partial charge in [0.1, 0.15) is 11.7 Å². The number of carbonyl (C=O) groups excluding carboxylic acids is 1. The number of piperazine rings is 1. The number of carbonyl (C=O) groups is 1. The third-order valence-electron chi connectivity index (χ3n) is 9.01. The highest BCUT2D eigenvalue weighted by Crippen LogP contribution is 2.59. The molecule has 7 unspecified atom stereocenters. The first-order valence-electron chi connectivity index (χ1n) is 14.2. The van der Waals surface area contributed by atoms with Gasteiger partial charge in [0, 0.05) is 51.4 Å². The summed E-state index contributed by atoms with van der Waals surface area (Å²) in [6, 6.07) is 18.9. The Hall–Kier alpha value is -2.46. The molecule has 4 bridgehead atoms. The van der Waals surface area contributed by atoms with Gasteiger partial charge >= 0.3 is 6.09 Å². The topological polar surface area (TPSA) is 72.5 Å². The van der Waals surface area contributed by atoms with E-state index in [-0.39, 0.29) is 17.9 Å². The van der Waals surface area contributed by atoms with Crippen molar-refractivity contribution in [3.8, 4) is 0 Å². The molecule has 4 aliphatic heterocycles. The summed E-state index contributed by atoms with van der Waals surface area (Å²) in [4.78, 5) is 17.5. The summed E-state index contributed by atoms with van der Waals surface area (Å²) in [6.45, 7) is 10.8. The van der Waals surface area contributed by atoms with Gasteiger partial charge in [-0.1, -0.05) is 60.6 Å². The van der Waals surface area contributed by atoms with Crippen molar-refractivity contribution in [2.45, 2.75) is 43.7 Å². The normalized spacial score (nSPS) is 32.7. The number of amides is 1. The van der Waals surface area contributed by atoms with Crippen LogP contribution >= 0.6 is 11.6 Å². The molecule has 1 amide bonds. The lowest BCUT2D eigenvalue weighted by molar-refractivity contribution is -0.375. The van der Waals surface area contributed by atoms with Gasteiger partial charge in [0.25, 0.3) is 0 Å². The fourth-order valence-corrected chi connectivity index (χ4v) is 7.32. The van der Waals surface area contributed by atoms with Crippen molar-refractivity contribution in [2.24, 2.45) is 11.8 Å². The van der Waals surface area contributed by atoms with E-state index in [0.717, 1.165) is 36.8 Å². The molecule has 4 saturated heterocycles. The van der Waals surface area contributed by atoms with E-state index in [4.69, 9.17) is 30.5 Å². The van der Waals surface area contributed by atoms with Gasteiger partial charge in [-0.3, -0.25) is 9.80 Å². The number of methoxy groups -OCH3 is 1. The minimum atomic E-state index is -0.724. The number of benzene rings is 2. The number of nitrogens with one attached hydrogen (secondary N) is 1. The summed E-state index contributed by atoms with van der Waals surface area (Å²) < 4.78 is 24.5. The molecule has 0 aromatic heterocycles. The number of fused-ring (bicyclic) bond motifs is 1. The van der Waals surface area contributed by atoms with Crippen LogP contribution in [0.1, 0.15) is 30.5 Å². The average Bonchev–Trinajstić information content (AvgIpc) is 3.23. The van der Waals surface area contributed by atoms with Crippen LogP contribution in [0, 0.1) is 11.8 Å². The van der Waals surface area contributed by atoms with Crippen LogP contribution in [0.15, 0.2) is 66.7 Å². The molecule has 40 heavy (non-hydrogen) atoms. The minimum absolute atomic E-state index is 0.0985. The van der Waals surface area contributed by atoms with E-state index in [2.05, 4.69) is 64.2 Å². The molecule has 1 saturated carbocycles. The van der Waals surface area contributed by atoms with Crippen molar-refractivity contribution < 1.29 is 23.7 Å². The summed E-state index contributed by atoms with van der Waals surface area (Å²) in [5.41, 5.74) is 2.67. The third-order valence-corrected chi connectivity index (χ3v) is 9.27. The van der Waals surface area contributed by atoms with Crippen LogP contribution < -0.4 is 5.32 Å². The van der Waals surface area contributed by atoms with Crippen molar-refractivity contribution in [1.82, 2.24) is 15.1 Å². The smallest absolute Gasteiger partial charge is 0.407 e. The highest BCUT2D eigenvalue weighted by atomic mass is 35.5. The molecular formula is C31H38ClN3O5. The molecule has 0 spiro atoms. The average molecular weight is 568 g/mol. The maximum absolute atomic E-state index is 12.6. The Balaban J connectivity index is 1.22. The Morgan fingerprint density at radius 3 is 2.50 bits per heavy atom. The molecule has 4 heterocycles. The van der Waals surface area contributed by atoms with Crippen LogP contribution in [0.3, 0.4) is 0 Å². The predicted molar refractivity (Wildman–Crippen MR) is 152 cm³/mol. The molecule has 1 N–H and O–H groups in total. The van der Waals surface area contributed by atoms with Gasteiger partial charge in [0.05, 0.1) is 12.0 Å². The molecule has 7 atom stereocenters. The Kier molecular flexibility index (Phi) is 7.92. The Morgan fingerprint density at radius 2 is 1.82 bits per heavy atom. The first kappa shape index (κ1) is 27.7. The Morgan fingerprint density at radius 1 is 1.12 bits per heavy atom. The van der Waals surface area contributed by atoms with Gasteiger partial charge in [0.2, 0.25) is 0 Å². The van der Waals surface area contributed by atoms with E-state index >= 15 is 0 Å². The molecule has 2 aromatic rings. The van der Waals surface area contributed by atoms with E-state index < -0.39 is 30.4 Å². The van der Waals surface area contributed by atoms with Crippen molar-refractivity contribution in [1.29, 1.82) is 0 Å². The number of halogens is 1.